The zero-order valence-corrected chi connectivity index (χ0v) is 20.2. The fourth-order valence-electron chi connectivity index (χ4n) is 3.37. The summed E-state index contributed by atoms with van der Waals surface area (Å²) >= 11 is 7.13. The number of rotatable bonds is 7. The normalized spacial score (nSPS) is 12.5. The molecule has 0 saturated heterocycles. The highest BCUT2D eigenvalue weighted by molar-refractivity contribution is 7.98. The Morgan fingerprint density at radius 3 is 2.49 bits per heavy atom. The second kappa shape index (κ2) is 10.2. The van der Waals surface area contributed by atoms with Crippen LogP contribution in [0.1, 0.15) is 34.4 Å². The van der Waals surface area contributed by atoms with Gasteiger partial charge in [-0.05, 0) is 60.3 Å². The van der Waals surface area contributed by atoms with Crippen molar-refractivity contribution >= 4 is 23.5 Å². The van der Waals surface area contributed by atoms with Gasteiger partial charge in [0.25, 0.3) is 5.56 Å². The predicted molar refractivity (Wildman–Crippen MR) is 129 cm³/mol. The number of ether oxygens (including phenoxy) is 1. The number of alkyl halides is 3. The summed E-state index contributed by atoms with van der Waals surface area (Å²) in [5.74, 6) is 0.433. The molecule has 2 aromatic heterocycles. The first-order valence-electron chi connectivity index (χ1n) is 10.4. The van der Waals surface area contributed by atoms with Gasteiger partial charge >= 0.3 is 6.18 Å². The molecule has 0 radical (unpaired) electrons. The Morgan fingerprint density at radius 2 is 1.83 bits per heavy atom. The van der Waals surface area contributed by atoms with Crippen LogP contribution in [0.15, 0.2) is 72.2 Å². The minimum absolute atomic E-state index is 0.00745. The maximum atomic E-state index is 13.1. The fraction of sp³-hybridized carbons (Fsp3) is 0.208. The summed E-state index contributed by atoms with van der Waals surface area (Å²) in [7, 11) is 1.81. The van der Waals surface area contributed by atoms with Crippen molar-refractivity contribution in [2.75, 3.05) is 0 Å². The van der Waals surface area contributed by atoms with E-state index < -0.39 is 11.7 Å². The van der Waals surface area contributed by atoms with E-state index in [-0.39, 0.29) is 21.6 Å². The van der Waals surface area contributed by atoms with Crippen LogP contribution in [0.5, 0.6) is 11.5 Å². The third kappa shape index (κ3) is 6.26. The lowest BCUT2D eigenvalue weighted by Crippen LogP contribution is -2.15. The molecule has 0 aliphatic rings. The Balaban J connectivity index is 1.44. The van der Waals surface area contributed by atoms with Gasteiger partial charge in [0.2, 0.25) is 0 Å². The first-order valence-corrected chi connectivity index (χ1v) is 11.7. The van der Waals surface area contributed by atoms with E-state index >= 15 is 0 Å². The largest absolute Gasteiger partial charge is 0.457 e. The third-order valence-corrected chi connectivity index (χ3v) is 6.47. The number of benzene rings is 2. The molecule has 35 heavy (non-hydrogen) atoms. The van der Waals surface area contributed by atoms with Crippen LogP contribution in [0.25, 0.3) is 0 Å². The molecule has 0 fully saturated rings. The first kappa shape index (κ1) is 24.9. The Morgan fingerprint density at radius 1 is 1.11 bits per heavy atom. The van der Waals surface area contributed by atoms with E-state index in [1.165, 1.54) is 24.3 Å². The van der Waals surface area contributed by atoms with E-state index in [9.17, 15) is 18.0 Å². The van der Waals surface area contributed by atoms with Gasteiger partial charge in [-0.1, -0.05) is 23.7 Å². The lowest BCUT2D eigenvalue weighted by molar-refractivity contribution is -0.137. The van der Waals surface area contributed by atoms with Gasteiger partial charge in [-0.25, -0.2) is 0 Å². The van der Waals surface area contributed by atoms with E-state index in [0.29, 0.717) is 17.7 Å². The lowest BCUT2D eigenvalue weighted by Gasteiger charge is -2.15. The average Bonchev–Trinajstić information content (AvgIpc) is 3.21. The van der Waals surface area contributed by atoms with Crippen LogP contribution < -0.4 is 10.3 Å². The zero-order valence-electron chi connectivity index (χ0n) is 18.7. The number of aromatic nitrogens is 4. The minimum atomic E-state index is -4.57. The maximum absolute atomic E-state index is 13.1. The molecular weight excluding hydrogens is 501 g/mol. The molecule has 0 amide bonds. The highest BCUT2D eigenvalue weighted by Crippen LogP contribution is 2.38. The van der Waals surface area contributed by atoms with Crippen LogP contribution in [0.2, 0.25) is 5.02 Å². The van der Waals surface area contributed by atoms with Gasteiger partial charge in [0.1, 0.15) is 17.8 Å². The summed E-state index contributed by atoms with van der Waals surface area (Å²) in [6.07, 6.45) is 2.67. The lowest BCUT2D eigenvalue weighted by atomic mass is 10.1. The van der Waals surface area contributed by atoms with E-state index in [0.717, 1.165) is 23.3 Å². The van der Waals surface area contributed by atoms with Crippen molar-refractivity contribution in [3.8, 4) is 11.5 Å². The maximum Gasteiger partial charge on any atom is 0.417 e. The number of hydrogen-bond donors (Lipinski definition) is 0. The number of hydrogen-bond acceptors (Lipinski definition) is 5. The summed E-state index contributed by atoms with van der Waals surface area (Å²) in [4.78, 5) is 16.1. The van der Waals surface area contributed by atoms with Gasteiger partial charge in [0.05, 0.1) is 16.8 Å². The highest BCUT2D eigenvalue weighted by atomic mass is 35.5. The Hall–Kier alpha value is -3.24. The van der Waals surface area contributed by atoms with Crippen LogP contribution in [0.3, 0.4) is 0 Å². The van der Waals surface area contributed by atoms with Gasteiger partial charge in [-0.2, -0.15) is 23.3 Å². The number of nitrogens with zero attached hydrogens (tertiary/aromatic N) is 4. The number of aryl methyl sites for hydroxylation is 1. The first-order chi connectivity index (χ1) is 16.6. The van der Waals surface area contributed by atoms with Crippen molar-refractivity contribution in [3.05, 3.63) is 105 Å². The van der Waals surface area contributed by atoms with Crippen molar-refractivity contribution in [2.24, 2.45) is 7.05 Å². The van der Waals surface area contributed by atoms with Gasteiger partial charge in [-0.3, -0.25) is 13.4 Å². The molecule has 0 aliphatic heterocycles. The number of halogens is 4. The molecule has 1 atom stereocenters. The van der Waals surface area contributed by atoms with Crippen LogP contribution in [0, 0.1) is 0 Å². The average molecular weight is 521 g/mol. The highest BCUT2D eigenvalue weighted by Gasteiger charge is 2.33. The summed E-state index contributed by atoms with van der Waals surface area (Å²) in [5.41, 5.74) is 1.21. The van der Waals surface area contributed by atoms with Crippen LogP contribution >= 0.6 is 23.5 Å². The van der Waals surface area contributed by atoms with Crippen LogP contribution in [-0.2, 0) is 19.6 Å². The molecule has 11 heteroatoms. The quantitative estimate of drug-likeness (QED) is 0.286. The molecule has 2 aromatic carbocycles. The molecule has 2 heterocycles. The molecular formula is C24H20ClF3N4O2S. The molecule has 4 aromatic rings. The van der Waals surface area contributed by atoms with Gasteiger partial charge in [0, 0.05) is 36.7 Å². The van der Waals surface area contributed by atoms with Crippen molar-refractivity contribution < 1.29 is 17.9 Å². The molecule has 0 aliphatic carbocycles. The topological polar surface area (TPSA) is 61.9 Å². The molecule has 0 N–H and O–H groups in total. The molecule has 0 bridgehead atoms. The Bertz CT molecular complexity index is 1390. The van der Waals surface area contributed by atoms with E-state index in [4.69, 9.17) is 16.3 Å². The monoisotopic (exact) mass is 520 g/mol. The molecule has 6 nitrogen and oxygen atoms in total. The van der Waals surface area contributed by atoms with Crippen molar-refractivity contribution in [2.45, 2.75) is 24.8 Å². The second-order valence-corrected chi connectivity index (χ2v) is 9.57. The molecule has 1 unspecified atom stereocenters. The standard InChI is InChI=1S/C24H20ClF3N4O2S/c1-15(35-32-13-18(23(33)29-14-32)9-16-11-30-31(2)12-16)17-3-5-19(6-4-17)34-20-7-8-22(25)21(10-20)24(26,27)28/h3-8,10-15H,9H2,1-2H3. The molecule has 4 rings (SSSR count). The zero-order chi connectivity index (χ0) is 25.2. The van der Waals surface area contributed by atoms with Crippen LogP contribution in [-0.4, -0.2) is 18.7 Å². The van der Waals surface area contributed by atoms with Crippen molar-refractivity contribution in [3.63, 3.8) is 0 Å². The van der Waals surface area contributed by atoms with Gasteiger partial charge < -0.3 is 4.74 Å². The fourth-order valence-corrected chi connectivity index (χ4v) is 4.53. The van der Waals surface area contributed by atoms with Gasteiger partial charge in [0.15, 0.2) is 0 Å². The van der Waals surface area contributed by atoms with Gasteiger partial charge in [-0.15, -0.1) is 0 Å². The third-order valence-electron chi connectivity index (χ3n) is 5.11. The smallest absolute Gasteiger partial charge is 0.417 e. The SMILES string of the molecule is CC(Sn1cnc(=O)c(Cc2cnn(C)c2)c1)c1ccc(Oc2ccc(Cl)c(C(F)(F)F)c2)cc1. The van der Waals surface area contributed by atoms with E-state index in [2.05, 4.69) is 10.1 Å². The van der Waals surface area contributed by atoms with E-state index in [1.54, 1.807) is 33.2 Å². The van der Waals surface area contributed by atoms with Crippen molar-refractivity contribution in [1.29, 1.82) is 0 Å². The summed E-state index contributed by atoms with van der Waals surface area (Å²) < 4.78 is 48.3. The predicted octanol–water partition coefficient (Wildman–Crippen LogP) is 6.29. The second-order valence-electron chi connectivity index (χ2n) is 7.82. The summed E-state index contributed by atoms with van der Waals surface area (Å²) in [6, 6.07) is 10.5. The van der Waals surface area contributed by atoms with E-state index in [1.807, 2.05) is 32.3 Å². The Labute approximate surface area is 208 Å². The van der Waals surface area contributed by atoms with Crippen LogP contribution in [0.4, 0.5) is 13.2 Å². The molecule has 0 spiro atoms. The summed E-state index contributed by atoms with van der Waals surface area (Å²) in [5, 5.41) is 3.73. The Kier molecular flexibility index (Phi) is 7.23. The minimum Gasteiger partial charge on any atom is -0.457 e. The van der Waals surface area contributed by atoms with Crippen molar-refractivity contribution in [1.82, 2.24) is 18.7 Å². The molecule has 182 valence electrons. The molecule has 0 saturated carbocycles. The summed E-state index contributed by atoms with van der Waals surface area (Å²) in [6.45, 7) is 1.99.